The third-order valence-electron chi connectivity index (χ3n) is 5.05. The van der Waals surface area contributed by atoms with E-state index < -0.39 is 0 Å². The van der Waals surface area contributed by atoms with E-state index in [-0.39, 0.29) is 5.91 Å². The van der Waals surface area contributed by atoms with Crippen molar-refractivity contribution in [2.75, 3.05) is 18.4 Å². The Balaban J connectivity index is 1.72. The van der Waals surface area contributed by atoms with Crippen LogP contribution in [0.4, 0.5) is 5.69 Å². The van der Waals surface area contributed by atoms with E-state index >= 15 is 0 Å². The van der Waals surface area contributed by atoms with Crippen LogP contribution in [-0.2, 0) is 4.79 Å². The number of hydrogen-bond acceptors (Lipinski definition) is 2. The van der Waals surface area contributed by atoms with E-state index in [0.717, 1.165) is 12.2 Å². The molecule has 1 amide bonds. The Bertz CT molecular complexity index is 437. The van der Waals surface area contributed by atoms with Gasteiger partial charge in [-0.05, 0) is 28.9 Å². The van der Waals surface area contributed by atoms with Crippen LogP contribution in [-0.4, -0.2) is 19.0 Å². The lowest BCUT2D eigenvalue weighted by Crippen LogP contribution is -2.32. The van der Waals surface area contributed by atoms with Gasteiger partial charge in [0.2, 0.25) is 5.91 Å². The number of carbonyl (C=O) groups is 1. The van der Waals surface area contributed by atoms with E-state index in [1.54, 1.807) is 0 Å². The van der Waals surface area contributed by atoms with Gasteiger partial charge in [-0.3, -0.25) is 4.79 Å². The van der Waals surface area contributed by atoms with Crippen LogP contribution in [0.15, 0.2) is 30.3 Å². The first-order chi connectivity index (χ1) is 8.85. The van der Waals surface area contributed by atoms with Gasteiger partial charge in [-0.2, -0.15) is 0 Å². The number of rotatable bonds is 5. The van der Waals surface area contributed by atoms with Crippen LogP contribution >= 0.6 is 0 Å². The highest BCUT2D eigenvalue weighted by Crippen LogP contribution is 2.67. The van der Waals surface area contributed by atoms with Crippen molar-refractivity contribution in [1.82, 2.24) is 5.32 Å². The van der Waals surface area contributed by atoms with Crippen LogP contribution < -0.4 is 10.6 Å². The van der Waals surface area contributed by atoms with Crippen molar-refractivity contribution in [1.29, 1.82) is 0 Å². The van der Waals surface area contributed by atoms with E-state index in [9.17, 15) is 4.79 Å². The van der Waals surface area contributed by atoms with Crippen molar-refractivity contribution in [2.45, 2.75) is 27.7 Å². The van der Waals surface area contributed by atoms with Gasteiger partial charge in [0, 0.05) is 12.2 Å². The maximum atomic E-state index is 11.8. The Kier molecular flexibility index (Phi) is 3.57. The van der Waals surface area contributed by atoms with Gasteiger partial charge >= 0.3 is 0 Å². The maximum absolute atomic E-state index is 11.8. The van der Waals surface area contributed by atoms with E-state index in [4.69, 9.17) is 0 Å². The Morgan fingerprint density at radius 1 is 1.11 bits per heavy atom. The average molecular weight is 260 g/mol. The van der Waals surface area contributed by atoms with Crippen LogP contribution in [0.2, 0.25) is 0 Å². The second kappa shape index (κ2) is 4.87. The van der Waals surface area contributed by atoms with Crippen molar-refractivity contribution in [3.8, 4) is 0 Å². The molecular formula is C16H24N2O. The van der Waals surface area contributed by atoms with Gasteiger partial charge < -0.3 is 10.6 Å². The highest BCUT2D eigenvalue weighted by molar-refractivity contribution is 5.80. The number of hydrogen-bond donors (Lipinski definition) is 2. The van der Waals surface area contributed by atoms with E-state index in [0.29, 0.717) is 23.3 Å². The fourth-order valence-corrected chi connectivity index (χ4v) is 2.86. The number of para-hydroxylation sites is 1. The summed E-state index contributed by atoms with van der Waals surface area (Å²) in [6.45, 7) is 10.2. The molecule has 2 N–H and O–H groups in total. The lowest BCUT2D eigenvalue weighted by Gasteiger charge is -2.08. The molecule has 3 heteroatoms. The SMILES string of the molecule is CC1(C)C(CNC(=O)CNc2ccccc2)C1(C)C. The molecule has 0 bridgehead atoms. The molecular weight excluding hydrogens is 236 g/mol. The highest BCUT2D eigenvalue weighted by atomic mass is 16.1. The minimum atomic E-state index is 0.0577. The van der Waals surface area contributed by atoms with Crippen molar-refractivity contribution in [3.63, 3.8) is 0 Å². The molecule has 0 spiro atoms. The quantitative estimate of drug-likeness (QED) is 0.854. The molecule has 0 aliphatic heterocycles. The summed E-state index contributed by atoms with van der Waals surface area (Å²) in [7, 11) is 0. The zero-order valence-electron chi connectivity index (χ0n) is 12.3. The molecule has 1 aromatic carbocycles. The summed E-state index contributed by atoms with van der Waals surface area (Å²) in [5, 5.41) is 6.14. The predicted molar refractivity (Wildman–Crippen MR) is 79.0 cm³/mol. The molecule has 0 saturated heterocycles. The second-order valence-electron chi connectivity index (χ2n) is 6.52. The third kappa shape index (κ3) is 2.75. The molecule has 0 heterocycles. The normalized spacial score (nSPS) is 19.8. The molecule has 1 saturated carbocycles. The van der Waals surface area contributed by atoms with Crippen LogP contribution in [0.5, 0.6) is 0 Å². The van der Waals surface area contributed by atoms with E-state index in [2.05, 4.69) is 38.3 Å². The zero-order chi connectivity index (χ0) is 14.1. The van der Waals surface area contributed by atoms with E-state index in [1.807, 2.05) is 30.3 Å². The number of carbonyl (C=O) groups excluding carboxylic acids is 1. The largest absolute Gasteiger partial charge is 0.376 e. The van der Waals surface area contributed by atoms with Crippen LogP contribution in [0, 0.1) is 16.7 Å². The lowest BCUT2D eigenvalue weighted by atomic mass is 10.0. The van der Waals surface area contributed by atoms with Crippen molar-refractivity contribution >= 4 is 11.6 Å². The van der Waals surface area contributed by atoms with Crippen molar-refractivity contribution in [3.05, 3.63) is 30.3 Å². The zero-order valence-corrected chi connectivity index (χ0v) is 12.3. The molecule has 1 aliphatic rings. The monoisotopic (exact) mass is 260 g/mol. The summed E-state index contributed by atoms with van der Waals surface area (Å²) < 4.78 is 0. The van der Waals surface area contributed by atoms with Crippen LogP contribution in [0.25, 0.3) is 0 Å². The van der Waals surface area contributed by atoms with Gasteiger partial charge in [-0.15, -0.1) is 0 Å². The van der Waals surface area contributed by atoms with Gasteiger partial charge in [0.15, 0.2) is 0 Å². The van der Waals surface area contributed by atoms with Crippen molar-refractivity contribution < 1.29 is 4.79 Å². The fraction of sp³-hybridized carbons (Fsp3) is 0.562. The minimum Gasteiger partial charge on any atom is -0.376 e. The summed E-state index contributed by atoms with van der Waals surface area (Å²) in [5.41, 5.74) is 1.63. The molecule has 104 valence electrons. The summed E-state index contributed by atoms with van der Waals surface area (Å²) in [5.74, 6) is 0.628. The first-order valence-corrected chi connectivity index (χ1v) is 6.91. The smallest absolute Gasteiger partial charge is 0.239 e. The second-order valence-corrected chi connectivity index (χ2v) is 6.52. The number of amides is 1. The van der Waals surface area contributed by atoms with Crippen LogP contribution in [0.3, 0.4) is 0 Å². The van der Waals surface area contributed by atoms with Gasteiger partial charge in [-0.25, -0.2) is 0 Å². The van der Waals surface area contributed by atoms with Crippen LogP contribution in [0.1, 0.15) is 27.7 Å². The molecule has 0 aromatic heterocycles. The summed E-state index contributed by atoms with van der Waals surface area (Å²) in [4.78, 5) is 11.8. The minimum absolute atomic E-state index is 0.0577. The Hall–Kier alpha value is -1.51. The average Bonchev–Trinajstić information content (AvgIpc) is 2.76. The first-order valence-electron chi connectivity index (χ1n) is 6.91. The summed E-state index contributed by atoms with van der Waals surface area (Å²) in [6, 6.07) is 9.79. The maximum Gasteiger partial charge on any atom is 0.239 e. The van der Waals surface area contributed by atoms with Gasteiger partial charge in [-0.1, -0.05) is 45.9 Å². The molecule has 19 heavy (non-hydrogen) atoms. The molecule has 0 atom stereocenters. The molecule has 1 aliphatic carbocycles. The Morgan fingerprint density at radius 2 is 1.68 bits per heavy atom. The standard InChI is InChI=1S/C16H24N2O/c1-15(2)13(16(15,3)4)10-18-14(19)11-17-12-8-6-5-7-9-12/h5-9,13,17H,10-11H2,1-4H3,(H,18,19). The van der Waals surface area contributed by atoms with Gasteiger partial charge in [0.25, 0.3) is 0 Å². The number of nitrogens with one attached hydrogen (secondary N) is 2. The summed E-state index contributed by atoms with van der Waals surface area (Å²) in [6.07, 6.45) is 0. The Morgan fingerprint density at radius 3 is 2.21 bits per heavy atom. The topological polar surface area (TPSA) is 41.1 Å². The highest BCUT2D eigenvalue weighted by Gasteiger charge is 2.64. The Labute approximate surface area is 115 Å². The molecule has 0 radical (unpaired) electrons. The predicted octanol–water partition coefficient (Wildman–Crippen LogP) is 2.90. The van der Waals surface area contributed by atoms with Gasteiger partial charge in [0.05, 0.1) is 6.54 Å². The van der Waals surface area contributed by atoms with Gasteiger partial charge in [0.1, 0.15) is 0 Å². The molecule has 1 aromatic rings. The lowest BCUT2D eigenvalue weighted by molar-refractivity contribution is -0.119. The van der Waals surface area contributed by atoms with Crippen molar-refractivity contribution in [2.24, 2.45) is 16.7 Å². The molecule has 3 nitrogen and oxygen atoms in total. The number of anilines is 1. The molecule has 0 unspecified atom stereocenters. The first kappa shape index (κ1) is 13.9. The fourth-order valence-electron chi connectivity index (χ4n) is 2.86. The summed E-state index contributed by atoms with van der Waals surface area (Å²) >= 11 is 0. The number of benzene rings is 1. The molecule has 1 fully saturated rings. The van der Waals surface area contributed by atoms with E-state index in [1.165, 1.54) is 0 Å². The third-order valence-corrected chi connectivity index (χ3v) is 5.05. The molecule has 2 rings (SSSR count).